The standard InChI is InChI=1S/C39H25N3/c1-4-13-26(14-5-1)36-30-20-11-10-19-29(30)25-35-31-21-12-22-34(32(31)23-24-33(35)36)39-41-37(27-15-6-2-7-16-27)40-38(42-39)28-17-8-3-9-18-28/h1-25H. The molecule has 0 aliphatic carbocycles. The third kappa shape index (κ3) is 4.11. The van der Waals surface area contributed by atoms with Crippen molar-refractivity contribution < 1.29 is 0 Å². The molecule has 0 atom stereocenters. The van der Waals surface area contributed by atoms with Gasteiger partial charge in [-0.1, -0.05) is 146 Å². The molecule has 8 rings (SSSR count). The predicted octanol–water partition coefficient (Wildman–Crippen LogP) is 10.00. The molecule has 8 aromatic rings. The van der Waals surface area contributed by atoms with Gasteiger partial charge in [-0.2, -0.15) is 0 Å². The van der Waals surface area contributed by atoms with E-state index in [9.17, 15) is 0 Å². The SMILES string of the molecule is c1ccc(-c2nc(-c3ccccc3)nc(-c3cccc4c3ccc3c(-c5ccccc5)c5ccccc5cc34)n2)cc1. The molecule has 0 aliphatic heterocycles. The third-order valence-corrected chi connectivity index (χ3v) is 7.91. The van der Waals surface area contributed by atoms with Crippen LogP contribution in [0.15, 0.2) is 152 Å². The molecule has 196 valence electrons. The van der Waals surface area contributed by atoms with Crippen molar-refractivity contribution in [2.45, 2.75) is 0 Å². The Labute approximate surface area is 243 Å². The molecule has 42 heavy (non-hydrogen) atoms. The summed E-state index contributed by atoms with van der Waals surface area (Å²) in [6, 6.07) is 52.8. The molecule has 0 aliphatic rings. The van der Waals surface area contributed by atoms with Crippen molar-refractivity contribution in [1.29, 1.82) is 0 Å². The minimum atomic E-state index is 0.662. The number of nitrogens with zero attached hydrogens (tertiary/aromatic N) is 3. The lowest BCUT2D eigenvalue weighted by molar-refractivity contribution is 1.08. The molecule has 0 saturated carbocycles. The number of benzene rings is 7. The fourth-order valence-electron chi connectivity index (χ4n) is 5.95. The highest BCUT2D eigenvalue weighted by molar-refractivity contribution is 6.21. The Morgan fingerprint density at radius 2 is 0.833 bits per heavy atom. The minimum absolute atomic E-state index is 0.662. The van der Waals surface area contributed by atoms with Crippen LogP contribution >= 0.6 is 0 Å². The van der Waals surface area contributed by atoms with Crippen LogP contribution in [0, 0.1) is 0 Å². The molecule has 1 aromatic heterocycles. The van der Waals surface area contributed by atoms with Crippen molar-refractivity contribution in [1.82, 2.24) is 15.0 Å². The second-order valence-corrected chi connectivity index (χ2v) is 10.4. The molecule has 3 heteroatoms. The number of hydrogen-bond acceptors (Lipinski definition) is 3. The van der Waals surface area contributed by atoms with Gasteiger partial charge in [-0.05, 0) is 49.5 Å². The molecular weight excluding hydrogens is 510 g/mol. The molecule has 7 aromatic carbocycles. The van der Waals surface area contributed by atoms with Crippen molar-refractivity contribution in [3.05, 3.63) is 152 Å². The van der Waals surface area contributed by atoms with Crippen LogP contribution in [0.25, 0.3) is 77.6 Å². The maximum Gasteiger partial charge on any atom is 0.164 e. The lowest BCUT2D eigenvalue weighted by Gasteiger charge is -2.15. The highest BCUT2D eigenvalue weighted by atomic mass is 15.0. The third-order valence-electron chi connectivity index (χ3n) is 7.91. The molecular formula is C39H25N3. The van der Waals surface area contributed by atoms with Gasteiger partial charge in [-0.3, -0.25) is 0 Å². The summed E-state index contributed by atoms with van der Waals surface area (Å²) in [5.41, 5.74) is 5.38. The van der Waals surface area contributed by atoms with E-state index in [1.54, 1.807) is 0 Å². The monoisotopic (exact) mass is 535 g/mol. The summed E-state index contributed by atoms with van der Waals surface area (Å²) in [4.78, 5) is 14.9. The molecule has 0 spiro atoms. The van der Waals surface area contributed by atoms with Gasteiger partial charge in [-0.25, -0.2) is 15.0 Å². The summed E-state index contributed by atoms with van der Waals surface area (Å²) in [6.07, 6.45) is 0. The van der Waals surface area contributed by atoms with Crippen molar-refractivity contribution in [3.63, 3.8) is 0 Å². The van der Waals surface area contributed by atoms with E-state index in [2.05, 4.69) is 91.0 Å². The van der Waals surface area contributed by atoms with Gasteiger partial charge in [0.15, 0.2) is 17.5 Å². The topological polar surface area (TPSA) is 38.7 Å². The number of fused-ring (bicyclic) bond motifs is 4. The highest BCUT2D eigenvalue weighted by Gasteiger charge is 2.17. The van der Waals surface area contributed by atoms with E-state index in [-0.39, 0.29) is 0 Å². The Morgan fingerprint density at radius 1 is 0.310 bits per heavy atom. The minimum Gasteiger partial charge on any atom is -0.208 e. The second kappa shape index (κ2) is 10.1. The zero-order valence-corrected chi connectivity index (χ0v) is 22.8. The van der Waals surface area contributed by atoms with E-state index in [0.717, 1.165) is 22.1 Å². The normalized spacial score (nSPS) is 11.3. The summed E-state index contributed by atoms with van der Waals surface area (Å²) in [5.74, 6) is 1.99. The Balaban J connectivity index is 1.41. The smallest absolute Gasteiger partial charge is 0.164 e. The van der Waals surface area contributed by atoms with Crippen molar-refractivity contribution in [2.75, 3.05) is 0 Å². The van der Waals surface area contributed by atoms with Crippen LogP contribution in [-0.4, -0.2) is 15.0 Å². The van der Waals surface area contributed by atoms with E-state index in [4.69, 9.17) is 15.0 Å². The van der Waals surface area contributed by atoms with Gasteiger partial charge >= 0.3 is 0 Å². The molecule has 0 N–H and O–H groups in total. The van der Waals surface area contributed by atoms with E-state index < -0.39 is 0 Å². The van der Waals surface area contributed by atoms with Crippen LogP contribution in [0.2, 0.25) is 0 Å². The average molecular weight is 536 g/mol. The Kier molecular flexibility index (Phi) is 5.79. The first kappa shape index (κ1) is 24.2. The fourth-order valence-corrected chi connectivity index (χ4v) is 5.95. The van der Waals surface area contributed by atoms with Crippen molar-refractivity contribution >= 4 is 32.3 Å². The average Bonchev–Trinajstić information content (AvgIpc) is 3.08. The van der Waals surface area contributed by atoms with Crippen LogP contribution in [0.1, 0.15) is 0 Å². The van der Waals surface area contributed by atoms with Crippen LogP contribution in [-0.2, 0) is 0 Å². The Hall–Kier alpha value is -5.67. The molecule has 0 amide bonds. The number of rotatable bonds is 4. The van der Waals surface area contributed by atoms with Gasteiger partial charge < -0.3 is 0 Å². The van der Waals surface area contributed by atoms with E-state index >= 15 is 0 Å². The fraction of sp³-hybridized carbons (Fsp3) is 0. The molecule has 0 fully saturated rings. The lowest BCUT2D eigenvalue weighted by atomic mass is 9.89. The zero-order valence-electron chi connectivity index (χ0n) is 22.8. The van der Waals surface area contributed by atoms with Crippen molar-refractivity contribution in [2.24, 2.45) is 0 Å². The molecule has 0 unspecified atom stereocenters. The van der Waals surface area contributed by atoms with Gasteiger partial charge in [0.25, 0.3) is 0 Å². The molecule has 3 nitrogen and oxygen atoms in total. The molecule has 0 bridgehead atoms. The largest absolute Gasteiger partial charge is 0.208 e. The van der Waals surface area contributed by atoms with Crippen LogP contribution < -0.4 is 0 Å². The first-order valence-electron chi connectivity index (χ1n) is 14.1. The van der Waals surface area contributed by atoms with Crippen molar-refractivity contribution in [3.8, 4) is 45.3 Å². The maximum atomic E-state index is 5.02. The number of hydrogen-bond donors (Lipinski definition) is 0. The second-order valence-electron chi connectivity index (χ2n) is 10.4. The molecule has 0 radical (unpaired) electrons. The molecule has 0 saturated heterocycles. The quantitative estimate of drug-likeness (QED) is 0.166. The van der Waals surface area contributed by atoms with Gasteiger partial charge in [-0.15, -0.1) is 0 Å². The van der Waals surface area contributed by atoms with Gasteiger partial charge in [0.1, 0.15) is 0 Å². The van der Waals surface area contributed by atoms with Crippen LogP contribution in [0.5, 0.6) is 0 Å². The van der Waals surface area contributed by atoms with Crippen LogP contribution in [0.3, 0.4) is 0 Å². The maximum absolute atomic E-state index is 5.02. The first-order valence-corrected chi connectivity index (χ1v) is 14.1. The van der Waals surface area contributed by atoms with Gasteiger partial charge in [0.2, 0.25) is 0 Å². The van der Waals surface area contributed by atoms with Crippen LogP contribution in [0.4, 0.5) is 0 Å². The number of aromatic nitrogens is 3. The summed E-state index contributed by atoms with van der Waals surface area (Å²) in [5, 5.41) is 7.21. The van der Waals surface area contributed by atoms with Gasteiger partial charge in [0.05, 0.1) is 0 Å². The lowest BCUT2D eigenvalue weighted by Crippen LogP contribution is -2.00. The summed E-state index contributed by atoms with van der Waals surface area (Å²) in [6.45, 7) is 0. The predicted molar refractivity (Wildman–Crippen MR) is 174 cm³/mol. The van der Waals surface area contributed by atoms with E-state index in [1.165, 1.54) is 38.1 Å². The Morgan fingerprint density at radius 3 is 1.50 bits per heavy atom. The van der Waals surface area contributed by atoms with Gasteiger partial charge in [0, 0.05) is 16.7 Å². The first-order chi connectivity index (χ1) is 20.8. The molecule has 1 heterocycles. The summed E-state index contributed by atoms with van der Waals surface area (Å²) >= 11 is 0. The highest BCUT2D eigenvalue weighted by Crippen LogP contribution is 2.41. The Bertz CT molecular complexity index is 2170. The summed E-state index contributed by atoms with van der Waals surface area (Å²) < 4.78 is 0. The zero-order chi connectivity index (χ0) is 27.9. The summed E-state index contributed by atoms with van der Waals surface area (Å²) in [7, 11) is 0. The van der Waals surface area contributed by atoms with E-state index in [0.29, 0.717) is 17.5 Å². The van der Waals surface area contributed by atoms with E-state index in [1.807, 2.05) is 60.7 Å².